The summed E-state index contributed by atoms with van der Waals surface area (Å²) in [7, 11) is 0. The molecule has 0 bridgehead atoms. The summed E-state index contributed by atoms with van der Waals surface area (Å²) < 4.78 is 0. The topological polar surface area (TPSA) is 145 Å². The Morgan fingerprint density at radius 2 is 2.00 bits per heavy atom. The van der Waals surface area contributed by atoms with Crippen LogP contribution in [0.15, 0.2) is 24.5 Å². The molecule has 0 spiro atoms. The molecule has 3 heterocycles. The van der Waals surface area contributed by atoms with Gasteiger partial charge in [0.05, 0.1) is 6.07 Å². The first-order chi connectivity index (χ1) is 16.0. The summed E-state index contributed by atoms with van der Waals surface area (Å²) in [6, 6.07) is 5.87. The number of carbonyl (C=O) groups excluding carboxylic acids is 3. The van der Waals surface area contributed by atoms with Crippen LogP contribution in [-0.4, -0.2) is 39.1 Å². The Balaban J connectivity index is 0.000000376. The van der Waals surface area contributed by atoms with E-state index in [1.54, 1.807) is 4.90 Å². The monoisotopic (exact) mass is 448 g/mol. The Morgan fingerprint density at radius 1 is 1.24 bits per heavy atom. The van der Waals surface area contributed by atoms with Gasteiger partial charge in [0.2, 0.25) is 17.7 Å². The number of anilines is 1. The number of H-pyrrole nitrogens is 1. The zero-order valence-corrected chi connectivity index (χ0v) is 18.5. The molecule has 2 saturated carbocycles. The number of hydrogen-bond donors (Lipinski definition) is 3. The molecule has 5 rings (SSSR count). The molecule has 172 valence electrons. The first kappa shape index (κ1) is 22.5. The number of nitrogens with zero attached hydrogens (tertiary/aromatic N) is 3. The minimum atomic E-state index is -0.130. The minimum absolute atomic E-state index is 0.0188. The molecule has 9 heteroatoms. The summed E-state index contributed by atoms with van der Waals surface area (Å²) in [5, 5.41) is 12.6. The number of primary amides is 1. The smallest absolute Gasteiger partial charge is 0.228 e. The van der Waals surface area contributed by atoms with Gasteiger partial charge < -0.3 is 20.9 Å². The van der Waals surface area contributed by atoms with Crippen LogP contribution in [0.3, 0.4) is 0 Å². The Kier molecular flexibility index (Phi) is 6.73. The normalized spacial score (nSPS) is 17.4. The van der Waals surface area contributed by atoms with Crippen LogP contribution in [0, 0.1) is 23.2 Å². The van der Waals surface area contributed by atoms with Crippen molar-refractivity contribution >= 4 is 40.1 Å². The lowest BCUT2D eigenvalue weighted by Crippen LogP contribution is -2.29. The Hall–Kier alpha value is -3.67. The second-order valence-electron chi connectivity index (χ2n) is 8.74. The van der Waals surface area contributed by atoms with E-state index in [0.29, 0.717) is 18.0 Å². The number of allylic oxidation sites excluding steroid dienone is 1. The summed E-state index contributed by atoms with van der Waals surface area (Å²) in [6.07, 6.45) is 9.81. The molecular formula is C24H28N6O3. The van der Waals surface area contributed by atoms with Crippen molar-refractivity contribution in [2.75, 3.05) is 11.9 Å². The maximum atomic E-state index is 12.3. The van der Waals surface area contributed by atoms with Crippen molar-refractivity contribution in [3.05, 3.63) is 30.1 Å². The second-order valence-corrected chi connectivity index (χ2v) is 8.74. The third-order valence-corrected chi connectivity index (χ3v) is 5.98. The average Bonchev–Trinajstić information content (AvgIpc) is 3.74. The molecule has 9 nitrogen and oxygen atoms in total. The molecule has 2 aliphatic carbocycles. The van der Waals surface area contributed by atoms with Crippen LogP contribution in [0.2, 0.25) is 0 Å². The molecule has 0 unspecified atom stereocenters. The van der Waals surface area contributed by atoms with Crippen molar-refractivity contribution in [2.24, 2.45) is 17.6 Å². The quantitative estimate of drug-likeness (QED) is 0.622. The fourth-order valence-electron chi connectivity index (χ4n) is 3.77. The average molecular weight is 449 g/mol. The number of amides is 3. The highest BCUT2D eigenvalue weighted by molar-refractivity contribution is 5.97. The van der Waals surface area contributed by atoms with Gasteiger partial charge in [-0.1, -0.05) is 0 Å². The van der Waals surface area contributed by atoms with Crippen molar-refractivity contribution < 1.29 is 14.4 Å². The van der Waals surface area contributed by atoms with Gasteiger partial charge in [0, 0.05) is 49.0 Å². The highest BCUT2D eigenvalue weighted by atomic mass is 16.2. The van der Waals surface area contributed by atoms with Crippen molar-refractivity contribution in [1.29, 1.82) is 5.26 Å². The Morgan fingerprint density at radius 3 is 2.64 bits per heavy atom. The van der Waals surface area contributed by atoms with Crippen molar-refractivity contribution in [1.82, 2.24) is 14.9 Å². The zero-order valence-electron chi connectivity index (χ0n) is 18.5. The third kappa shape index (κ3) is 5.77. The SMILES string of the molecule is N#CCCC(=O)N1C=C(c2cc(NC(=O)C3CC3)nc3[nH]ccc23)CCC1.NC(=O)C1CC1. The molecule has 4 N–H and O–H groups in total. The summed E-state index contributed by atoms with van der Waals surface area (Å²) in [5.41, 5.74) is 7.59. The van der Waals surface area contributed by atoms with Crippen molar-refractivity contribution in [2.45, 2.75) is 51.4 Å². The summed E-state index contributed by atoms with van der Waals surface area (Å²) in [5.74, 6) is 0.739. The van der Waals surface area contributed by atoms with Gasteiger partial charge in [0.1, 0.15) is 11.5 Å². The number of pyridine rings is 1. The first-order valence-corrected chi connectivity index (χ1v) is 11.4. The van der Waals surface area contributed by atoms with E-state index >= 15 is 0 Å². The predicted molar refractivity (Wildman–Crippen MR) is 123 cm³/mol. The molecule has 0 saturated heterocycles. The van der Waals surface area contributed by atoms with Gasteiger partial charge in [-0.2, -0.15) is 5.26 Å². The number of fused-ring (bicyclic) bond motifs is 1. The molecule has 3 aliphatic rings. The van der Waals surface area contributed by atoms with Crippen LogP contribution in [-0.2, 0) is 14.4 Å². The highest BCUT2D eigenvalue weighted by Gasteiger charge is 2.30. The number of hydrogen-bond acceptors (Lipinski definition) is 5. The van der Waals surface area contributed by atoms with E-state index in [0.717, 1.165) is 55.0 Å². The van der Waals surface area contributed by atoms with E-state index in [1.807, 2.05) is 30.6 Å². The number of aromatic amines is 1. The van der Waals surface area contributed by atoms with Crippen molar-refractivity contribution in [3.63, 3.8) is 0 Å². The van der Waals surface area contributed by atoms with E-state index < -0.39 is 0 Å². The molecule has 0 radical (unpaired) electrons. The van der Waals surface area contributed by atoms with Crippen LogP contribution >= 0.6 is 0 Å². The lowest BCUT2D eigenvalue weighted by molar-refractivity contribution is -0.128. The molecule has 0 aromatic carbocycles. The van der Waals surface area contributed by atoms with Crippen LogP contribution in [0.4, 0.5) is 5.82 Å². The van der Waals surface area contributed by atoms with E-state index in [9.17, 15) is 14.4 Å². The highest BCUT2D eigenvalue weighted by Crippen LogP contribution is 2.34. The van der Waals surface area contributed by atoms with Crippen LogP contribution in [0.1, 0.15) is 56.9 Å². The van der Waals surface area contributed by atoms with Gasteiger partial charge in [-0.3, -0.25) is 14.4 Å². The van der Waals surface area contributed by atoms with Gasteiger partial charge in [-0.15, -0.1) is 0 Å². The lowest BCUT2D eigenvalue weighted by Gasteiger charge is -2.25. The standard InChI is InChI=1S/C20H21N5O2.C4H7NO/c21-8-1-4-18(26)25-10-2-3-14(12-25)16-11-17(24-20(27)13-5-6-13)23-19-15(16)7-9-22-19;5-4(6)3-1-2-3/h7,9,11-13H,1-6,10H2,(H2,22,23,24,27);3H,1-2H2,(H2,5,6). The molecular weight excluding hydrogens is 420 g/mol. The van der Waals surface area contributed by atoms with Crippen molar-refractivity contribution in [3.8, 4) is 6.07 Å². The first-order valence-electron chi connectivity index (χ1n) is 11.4. The van der Waals surface area contributed by atoms with Gasteiger partial charge >= 0.3 is 0 Å². The zero-order chi connectivity index (χ0) is 23.4. The fraction of sp³-hybridized carbons (Fsp3) is 0.458. The number of rotatable bonds is 6. The van der Waals surface area contributed by atoms with E-state index in [1.165, 1.54) is 0 Å². The Labute approximate surface area is 192 Å². The molecule has 0 atom stereocenters. The largest absolute Gasteiger partial charge is 0.369 e. The minimum Gasteiger partial charge on any atom is -0.369 e. The van der Waals surface area contributed by atoms with E-state index in [2.05, 4.69) is 15.3 Å². The molecule has 3 amide bonds. The van der Waals surface area contributed by atoms with E-state index in [4.69, 9.17) is 11.0 Å². The van der Waals surface area contributed by atoms with Crippen LogP contribution in [0.5, 0.6) is 0 Å². The third-order valence-electron chi connectivity index (χ3n) is 5.98. The molecule has 2 aromatic heterocycles. The maximum absolute atomic E-state index is 12.3. The van der Waals surface area contributed by atoms with Crippen LogP contribution < -0.4 is 11.1 Å². The predicted octanol–water partition coefficient (Wildman–Crippen LogP) is 3.06. The summed E-state index contributed by atoms with van der Waals surface area (Å²) in [4.78, 5) is 43.7. The second kappa shape index (κ2) is 9.86. The van der Waals surface area contributed by atoms with Gasteiger partial charge in [0.25, 0.3) is 0 Å². The molecule has 1 aliphatic heterocycles. The number of nitrogens with two attached hydrogens (primary N) is 1. The number of aromatic nitrogens is 2. The van der Waals surface area contributed by atoms with E-state index in [-0.39, 0.29) is 42.4 Å². The van der Waals surface area contributed by atoms with Gasteiger partial charge in [-0.25, -0.2) is 4.98 Å². The maximum Gasteiger partial charge on any atom is 0.228 e. The fourth-order valence-corrected chi connectivity index (χ4v) is 3.77. The molecule has 2 aromatic rings. The summed E-state index contributed by atoms with van der Waals surface area (Å²) in [6.45, 7) is 0.667. The molecule has 33 heavy (non-hydrogen) atoms. The number of carbonyl (C=O) groups is 3. The lowest BCUT2D eigenvalue weighted by atomic mass is 9.97. The summed E-state index contributed by atoms with van der Waals surface area (Å²) >= 11 is 0. The molecule has 2 fully saturated rings. The Bertz CT molecular complexity index is 1140. The number of nitriles is 1. The van der Waals surface area contributed by atoms with Gasteiger partial charge in [0.15, 0.2) is 0 Å². The van der Waals surface area contributed by atoms with Crippen LogP contribution in [0.25, 0.3) is 16.6 Å². The number of nitrogens with one attached hydrogen (secondary N) is 2. The van der Waals surface area contributed by atoms with Gasteiger partial charge in [-0.05, 0) is 61.8 Å².